The summed E-state index contributed by atoms with van der Waals surface area (Å²) in [5, 5.41) is 4.28. The fraction of sp³-hybridized carbons (Fsp3) is 0.154. The molecule has 0 aliphatic carbocycles. The van der Waals surface area contributed by atoms with Crippen molar-refractivity contribution in [1.29, 1.82) is 0 Å². The predicted molar refractivity (Wildman–Crippen MR) is 176 cm³/mol. The van der Waals surface area contributed by atoms with E-state index in [1.165, 1.54) is 5.56 Å². The highest BCUT2D eigenvalue weighted by Crippen LogP contribution is 2.36. The molecule has 220 valence electrons. The molecular formula is C39H36N2O3. The molecule has 0 spiro atoms. The number of carbonyl (C=O) groups is 1. The van der Waals surface area contributed by atoms with Gasteiger partial charge in [0, 0.05) is 42.5 Å². The van der Waals surface area contributed by atoms with Gasteiger partial charge < -0.3 is 19.4 Å². The van der Waals surface area contributed by atoms with Crippen LogP contribution in [0.1, 0.15) is 40.2 Å². The summed E-state index contributed by atoms with van der Waals surface area (Å²) in [6.07, 6.45) is 2.52. The van der Waals surface area contributed by atoms with Gasteiger partial charge in [-0.05, 0) is 58.1 Å². The summed E-state index contributed by atoms with van der Waals surface area (Å²) in [5.74, 6) is 1.44. The van der Waals surface area contributed by atoms with E-state index in [0.29, 0.717) is 26.1 Å². The summed E-state index contributed by atoms with van der Waals surface area (Å²) < 4.78 is 13.8. The monoisotopic (exact) mass is 580 g/mol. The lowest BCUT2D eigenvalue weighted by Gasteiger charge is -2.19. The molecule has 44 heavy (non-hydrogen) atoms. The summed E-state index contributed by atoms with van der Waals surface area (Å²) in [7, 11) is 1.68. The van der Waals surface area contributed by atoms with E-state index in [2.05, 4.69) is 76.7 Å². The van der Waals surface area contributed by atoms with E-state index in [0.717, 1.165) is 44.7 Å². The van der Waals surface area contributed by atoms with Gasteiger partial charge >= 0.3 is 0 Å². The number of para-hydroxylation sites is 1. The molecule has 1 amide bonds. The molecule has 6 rings (SSSR count). The highest BCUT2D eigenvalue weighted by atomic mass is 16.5. The first kappa shape index (κ1) is 28.8. The normalized spacial score (nSPS) is 11.7. The van der Waals surface area contributed by atoms with Crippen LogP contribution in [-0.4, -0.2) is 17.6 Å². The third-order valence-corrected chi connectivity index (χ3v) is 7.94. The van der Waals surface area contributed by atoms with Crippen LogP contribution >= 0.6 is 0 Å². The zero-order valence-corrected chi connectivity index (χ0v) is 24.9. The number of methoxy groups -OCH3 is 1. The summed E-state index contributed by atoms with van der Waals surface area (Å²) in [6, 6.07) is 44.9. The number of amides is 1. The van der Waals surface area contributed by atoms with E-state index >= 15 is 0 Å². The maximum absolute atomic E-state index is 13.5. The Hall–Kier alpha value is -5.29. The lowest BCUT2D eigenvalue weighted by molar-refractivity contribution is -0.121. The maximum atomic E-state index is 13.5. The molecule has 0 aliphatic rings. The van der Waals surface area contributed by atoms with Crippen molar-refractivity contribution in [3.8, 4) is 11.5 Å². The second-order valence-electron chi connectivity index (χ2n) is 10.9. The molecule has 1 atom stereocenters. The van der Waals surface area contributed by atoms with Crippen molar-refractivity contribution in [2.45, 2.75) is 32.0 Å². The molecule has 5 aromatic carbocycles. The molecule has 1 unspecified atom stereocenters. The summed E-state index contributed by atoms with van der Waals surface area (Å²) in [5.41, 5.74) is 6.64. The Morgan fingerprint density at radius 1 is 0.727 bits per heavy atom. The fourth-order valence-electron chi connectivity index (χ4n) is 5.63. The first-order chi connectivity index (χ1) is 21.7. The van der Waals surface area contributed by atoms with Gasteiger partial charge in [0.15, 0.2) is 0 Å². The van der Waals surface area contributed by atoms with Crippen molar-refractivity contribution in [3.63, 3.8) is 0 Å². The minimum atomic E-state index is -0.173. The molecular weight excluding hydrogens is 544 g/mol. The Morgan fingerprint density at radius 3 is 2.18 bits per heavy atom. The minimum absolute atomic E-state index is 0.00134. The van der Waals surface area contributed by atoms with Crippen molar-refractivity contribution in [3.05, 3.63) is 167 Å². The first-order valence-electron chi connectivity index (χ1n) is 14.9. The third-order valence-electron chi connectivity index (χ3n) is 7.94. The van der Waals surface area contributed by atoms with Gasteiger partial charge in [0.05, 0.1) is 7.11 Å². The Bertz CT molecular complexity index is 1810. The molecule has 5 heteroatoms. The first-order valence-corrected chi connectivity index (χ1v) is 14.9. The molecule has 0 bridgehead atoms. The van der Waals surface area contributed by atoms with E-state index < -0.39 is 0 Å². The average molecular weight is 581 g/mol. The zero-order valence-electron chi connectivity index (χ0n) is 24.9. The smallest absolute Gasteiger partial charge is 0.221 e. The highest BCUT2D eigenvalue weighted by molar-refractivity contribution is 5.87. The van der Waals surface area contributed by atoms with Crippen LogP contribution in [0.3, 0.4) is 0 Å². The average Bonchev–Trinajstić information content (AvgIpc) is 3.44. The molecule has 0 aliphatic heterocycles. The van der Waals surface area contributed by atoms with E-state index in [1.807, 2.05) is 72.8 Å². The molecule has 1 heterocycles. The summed E-state index contributed by atoms with van der Waals surface area (Å²) in [4.78, 5) is 13.5. The van der Waals surface area contributed by atoms with Gasteiger partial charge in [-0.3, -0.25) is 4.79 Å². The van der Waals surface area contributed by atoms with Crippen molar-refractivity contribution >= 4 is 16.8 Å². The third kappa shape index (κ3) is 7.01. The van der Waals surface area contributed by atoms with Crippen molar-refractivity contribution in [1.82, 2.24) is 9.88 Å². The quantitative estimate of drug-likeness (QED) is 0.159. The van der Waals surface area contributed by atoms with Gasteiger partial charge in [0.2, 0.25) is 5.91 Å². The number of rotatable bonds is 12. The molecule has 0 saturated heterocycles. The number of carbonyl (C=O) groups excluding carboxylic acids is 1. The second kappa shape index (κ2) is 13.8. The number of fused-ring (bicyclic) bond motifs is 1. The number of hydrogen-bond acceptors (Lipinski definition) is 3. The summed E-state index contributed by atoms with van der Waals surface area (Å²) in [6.45, 7) is 1.68. The number of ether oxygens (including phenoxy) is 2. The standard InChI is InChI=1S/C39H36N2O3/c1-43-33-21-19-30(20-22-33)26-41-27-37(35-17-8-9-18-38(35)41)36(24-39(42)40-25-29-11-4-2-5-12-29)32-15-10-16-34(23-32)44-28-31-13-6-3-7-14-31/h2-23,27,36H,24-26,28H2,1H3,(H,40,42). The van der Waals surface area contributed by atoms with Crippen LogP contribution in [0.25, 0.3) is 10.9 Å². The minimum Gasteiger partial charge on any atom is -0.497 e. The van der Waals surface area contributed by atoms with Crippen LogP contribution in [-0.2, 0) is 24.5 Å². The Balaban J connectivity index is 1.33. The fourth-order valence-corrected chi connectivity index (χ4v) is 5.63. The molecule has 0 radical (unpaired) electrons. The van der Waals surface area contributed by atoms with Crippen molar-refractivity contribution in [2.75, 3.05) is 7.11 Å². The lowest BCUT2D eigenvalue weighted by atomic mass is 9.88. The summed E-state index contributed by atoms with van der Waals surface area (Å²) >= 11 is 0. The lowest BCUT2D eigenvalue weighted by Crippen LogP contribution is -2.25. The zero-order chi connectivity index (χ0) is 30.1. The molecule has 0 saturated carbocycles. The maximum Gasteiger partial charge on any atom is 0.221 e. The van der Waals surface area contributed by atoms with Gasteiger partial charge in [0.25, 0.3) is 0 Å². The Labute approximate surface area is 258 Å². The number of hydrogen-bond donors (Lipinski definition) is 1. The topological polar surface area (TPSA) is 52.5 Å². The largest absolute Gasteiger partial charge is 0.497 e. The molecule has 0 fully saturated rings. The van der Waals surface area contributed by atoms with E-state index in [4.69, 9.17) is 9.47 Å². The SMILES string of the molecule is COc1ccc(Cn2cc(C(CC(=O)NCc3ccccc3)c3cccc(OCc4ccccc4)c3)c3ccccc32)cc1. The second-order valence-corrected chi connectivity index (χ2v) is 10.9. The van der Waals surface area contributed by atoms with Crippen LogP contribution in [0.2, 0.25) is 0 Å². The van der Waals surface area contributed by atoms with E-state index in [1.54, 1.807) is 7.11 Å². The molecule has 1 aromatic heterocycles. The van der Waals surface area contributed by atoms with E-state index in [-0.39, 0.29) is 11.8 Å². The molecule has 5 nitrogen and oxygen atoms in total. The van der Waals surface area contributed by atoms with Gasteiger partial charge in [-0.15, -0.1) is 0 Å². The number of benzene rings is 5. The van der Waals surface area contributed by atoms with Crippen molar-refractivity contribution < 1.29 is 14.3 Å². The number of nitrogens with one attached hydrogen (secondary N) is 1. The van der Waals surface area contributed by atoms with Gasteiger partial charge in [-0.25, -0.2) is 0 Å². The van der Waals surface area contributed by atoms with E-state index in [9.17, 15) is 4.79 Å². The Kier molecular flexibility index (Phi) is 9.03. The van der Waals surface area contributed by atoms with Crippen LogP contribution < -0.4 is 14.8 Å². The molecule has 1 N–H and O–H groups in total. The van der Waals surface area contributed by atoms with Gasteiger partial charge in [0.1, 0.15) is 18.1 Å². The van der Waals surface area contributed by atoms with Crippen LogP contribution in [0, 0.1) is 0 Å². The number of aromatic nitrogens is 1. The number of nitrogens with zero attached hydrogens (tertiary/aromatic N) is 1. The van der Waals surface area contributed by atoms with Gasteiger partial charge in [-0.1, -0.05) is 103 Å². The highest BCUT2D eigenvalue weighted by Gasteiger charge is 2.23. The van der Waals surface area contributed by atoms with Crippen LogP contribution in [0.5, 0.6) is 11.5 Å². The van der Waals surface area contributed by atoms with Crippen LogP contribution in [0.4, 0.5) is 0 Å². The van der Waals surface area contributed by atoms with Crippen molar-refractivity contribution in [2.24, 2.45) is 0 Å². The molecule has 6 aromatic rings. The Morgan fingerprint density at radius 2 is 1.43 bits per heavy atom. The van der Waals surface area contributed by atoms with Crippen LogP contribution in [0.15, 0.2) is 140 Å². The predicted octanol–water partition coefficient (Wildman–Crippen LogP) is 8.12. The van der Waals surface area contributed by atoms with Gasteiger partial charge in [-0.2, -0.15) is 0 Å².